The van der Waals surface area contributed by atoms with Gasteiger partial charge in [0, 0.05) is 18.5 Å². The maximum Gasteiger partial charge on any atom is 0.186 e. The molecule has 1 saturated heterocycles. The zero-order chi connectivity index (χ0) is 17.3. The molecule has 0 aliphatic carbocycles. The Hall–Kier alpha value is -2.02. The zero-order valence-corrected chi connectivity index (χ0v) is 15.1. The van der Waals surface area contributed by atoms with Crippen molar-refractivity contribution in [2.24, 2.45) is 5.10 Å². The lowest BCUT2D eigenvalue weighted by Crippen LogP contribution is -3.14. The van der Waals surface area contributed by atoms with Gasteiger partial charge in [0.15, 0.2) is 5.11 Å². The summed E-state index contributed by atoms with van der Waals surface area (Å²) in [6.45, 7) is 5.99. The summed E-state index contributed by atoms with van der Waals surface area (Å²) < 4.78 is 5.37. The summed E-state index contributed by atoms with van der Waals surface area (Å²) in [5.74, 6) is 0. The largest absolute Gasteiger partial charge is 0.370 e. The number of thiocarbonyl (C=S) groups is 1. The van der Waals surface area contributed by atoms with E-state index in [9.17, 15) is 0 Å². The second-order valence-corrected chi connectivity index (χ2v) is 6.57. The van der Waals surface area contributed by atoms with Crippen molar-refractivity contribution in [3.8, 4) is 0 Å². The Balaban J connectivity index is 1.40. The first-order chi connectivity index (χ1) is 12.3. The molecule has 2 aromatic carbocycles. The fraction of sp³-hybridized carbons (Fsp3) is 0.368. The van der Waals surface area contributed by atoms with Crippen LogP contribution in [0.25, 0.3) is 10.8 Å². The molecule has 3 rings (SSSR count). The summed E-state index contributed by atoms with van der Waals surface area (Å²) in [6, 6.07) is 14.5. The molecule has 0 saturated carbocycles. The van der Waals surface area contributed by atoms with Gasteiger partial charge in [0.05, 0.1) is 26.0 Å². The lowest BCUT2D eigenvalue weighted by molar-refractivity contribution is -0.908. The molecule has 132 valence electrons. The average Bonchev–Trinajstić information content (AvgIpc) is 2.66. The van der Waals surface area contributed by atoms with Crippen LogP contribution in [0.1, 0.15) is 12.0 Å². The smallest absolute Gasteiger partial charge is 0.186 e. The summed E-state index contributed by atoms with van der Waals surface area (Å²) in [4.78, 5) is 1.61. The van der Waals surface area contributed by atoms with Crippen LogP contribution >= 0.6 is 12.2 Å². The van der Waals surface area contributed by atoms with Crippen LogP contribution in [0.2, 0.25) is 0 Å². The number of benzene rings is 2. The van der Waals surface area contributed by atoms with Gasteiger partial charge in [-0.1, -0.05) is 42.5 Å². The second-order valence-electron chi connectivity index (χ2n) is 6.16. The average molecular weight is 358 g/mol. The molecule has 5 nitrogen and oxygen atoms in total. The van der Waals surface area contributed by atoms with Gasteiger partial charge in [0.25, 0.3) is 0 Å². The standard InChI is InChI=1S/C19H24N4OS/c25-19(20-9-4-10-23-11-13-24-14-12-23)22-21-15-17-7-3-6-16-5-1-2-8-18(16)17/h1-3,5-8,15H,4,9-14H2,(H2,20,22,25)/p+1/b21-15-. The normalized spacial score (nSPS) is 15.5. The molecule has 3 N–H and O–H groups in total. The number of nitrogens with zero attached hydrogens (tertiary/aromatic N) is 1. The molecule has 1 aliphatic heterocycles. The van der Waals surface area contributed by atoms with E-state index in [1.165, 1.54) is 10.8 Å². The van der Waals surface area contributed by atoms with E-state index >= 15 is 0 Å². The molecule has 0 aromatic heterocycles. The molecule has 0 amide bonds. The number of morpholine rings is 1. The molecular weight excluding hydrogens is 332 g/mol. The van der Waals surface area contributed by atoms with Crippen LogP contribution in [0, 0.1) is 0 Å². The Labute approximate surface area is 154 Å². The Morgan fingerprint density at radius 1 is 1.16 bits per heavy atom. The van der Waals surface area contributed by atoms with Crippen molar-refractivity contribution in [3.63, 3.8) is 0 Å². The van der Waals surface area contributed by atoms with Crippen LogP contribution in [0.15, 0.2) is 47.6 Å². The van der Waals surface area contributed by atoms with Gasteiger partial charge in [0.1, 0.15) is 13.1 Å². The maximum absolute atomic E-state index is 5.37. The fourth-order valence-corrected chi connectivity index (χ4v) is 3.17. The lowest BCUT2D eigenvalue weighted by Gasteiger charge is -2.23. The van der Waals surface area contributed by atoms with E-state index in [4.69, 9.17) is 17.0 Å². The molecule has 2 aromatic rings. The van der Waals surface area contributed by atoms with Crippen LogP contribution in [0.3, 0.4) is 0 Å². The Morgan fingerprint density at radius 3 is 2.84 bits per heavy atom. The van der Waals surface area contributed by atoms with Crippen molar-refractivity contribution in [3.05, 3.63) is 48.0 Å². The number of fused-ring (bicyclic) bond motifs is 1. The van der Waals surface area contributed by atoms with Crippen LogP contribution < -0.4 is 15.6 Å². The van der Waals surface area contributed by atoms with Crippen molar-refractivity contribution in [2.45, 2.75) is 6.42 Å². The van der Waals surface area contributed by atoms with Gasteiger partial charge >= 0.3 is 0 Å². The molecule has 1 heterocycles. The Kier molecular flexibility index (Phi) is 6.73. The van der Waals surface area contributed by atoms with Gasteiger partial charge in [0.2, 0.25) is 0 Å². The molecule has 6 heteroatoms. The van der Waals surface area contributed by atoms with E-state index in [0.717, 1.165) is 51.4 Å². The Bertz CT molecular complexity index is 723. The molecule has 0 bridgehead atoms. The topological polar surface area (TPSA) is 50.1 Å². The first-order valence-corrected chi connectivity index (χ1v) is 9.20. The summed E-state index contributed by atoms with van der Waals surface area (Å²) in [6.07, 6.45) is 2.90. The number of hydrazone groups is 1. The third kappa shape index (κ3) is 5.49. The van der Waals surface area contributed by atoms with Crippen LogP contribution in [0.5, 0.6) is 0 Å². The molecule has 0 unspecified atom stereocenters. The molecule has 0 spiro atoms. The van der Waals surface area contributed by atoms with E-state index in [2.05, 4.69) is 40.1 Å². The van der Waals surface area contributed by atoms with E-state index < -0.39 is 0 Å². The quantitative estimate of drug-likeness (QED) is 0.312. The highest BCUT2D eigenvalue weighted by atomic mass is 32.1. The van der Waals surface area contributed by atoms with E-state index in [1.807, 2.05) is 24.4 Å². The minimum atomic E-state index is 0.563. The van der Waals surface area contributed by atoms with Gasteiger partial charge < -0.3 is 15.0 Å². The minimum absolute atomic E-state index is 0.563. The van der Waals surface area contributed by atoms with E-state index in [-0.39, 0.29) is 0 Å². The van der Waals surface area contributed by atoms with Crippen molar-refractivity contribution in [1.29, 1.82) is 0 Å². The number of hydrogen-bond acceptors (Lipinski definition) is 3. The molecule has 25 heavy (non-hydrogen) atoms. The summed E-state index contributed by atoms with van der Waals surface area (Å²) >= 11 is 5.27. The van der Waals surface area contributed by atoms with Gasteiger partial charge in [-0.25, -0.2) is 0 Å². The predicted octanol–water partition coefficient (Wildman–Crippen LogP) is 0.943. The minimum Gasteiger partial charge on any atom is -0.370 e. The van der Waals surface area contributed by atoms with Gasteiger partial charge in [-0.15, -0.1) is 0 Å². The van der Waals surface area contributed by atoms with Crippen molar-refractivity contribution in [2.75, 3.05) is 39.4 Å². The highest BCUT2D eigenvalue weighted by Gasteiger charge is 2.12. The van der Waals surface area contributed by atoms with Crippen molar-refractivity contribution >= 4 is 34.3 Å². The van der Waals surface area contributed by atoms with Gasteiger partial charge in [-0.3, -0.25) is 5.43 Å². The Morgan fingerprint density at radius 2 is 1.96 bits per heavy atom. The third-order valence-corrected chi connectivity index (χ3v) is 4.62. The van der Waals surface area contributed by atoms with Crippen LogP contribution in [-0.4, -0.2) is 50.7 Å². The lowest BCUT2D eigenvalue weighted by atomic mass is 10.1. The molecular formula is C19H25N4OS+. The highest BCUT2D eigenvalue weighted by molar-refractivity contribution is 7.80. The number of ether oxygens (including phenoxy) is 1. The highest BCUT2D eigenvalue weighted by Crippen LogP contribution is 2.16. The molecule has 1 fully saturated rings. The molecule has 0 atom stereocenters. The number of rotatable bonds is 6. The second kappa shape index (κ2) is 9.46. The molecule has 1 aliphatic rings. The SMILES string of the molecule is S=C(NCCC[NH+]1CCOCC1)N/N=C\c1cccc2ccccc12. The first-order valence-electron chi connectivity index (χ1n) is 8.79. The predicted molar refractivity (Wildman–Crippen MR) is 106 cm³/mol. The number of nitrogens with one attached hydrogen (secondary N) is 3. The summed E-state index contributed by atoms with van der Waals surface area (Å²) in [5.41, 5.74) is 3.97. The third-order valence-electron chi connectivity index (χ3n) is 4.39. The summed E-state index contributed by atoms with van der Waals surface area (Å²) in [7, 11) is 0. The first kappa shape index (κ1) is 17.8. The van der Waals surface area contributed by atoms with Crippen molar-refractivity contribution in [1.82, 2.24) is 10.7 Å². The summed E-state index contributed by atoms with van der Waals surface area (Å²) in [5, 5.41) is 10.4. The molecule has 0 radical (unpaired) electrons. The zero-order valence-electron chi connectivity index (χ0n) is 14.3. The van der Waals surface area contributed by atoms with Crippen LogP contribution in [0.4, 0.5) is 0 Å². The maximum atomic E-state index is 5.37. The van der Waals surface area contributed by atoms with Crippen molar-refractivity contribution < 1.29 is 9.64 Å². The number of hydrogen-bond donors (Lipinski definition) is 3. The van der Waals surface area contributed by atoms with Crippen LogP contribution in [-0.2, 0) is 4.74 Å². The van der Waals surface area contributed by atoms with E-state index in [1.54, 1.807) is 4.90 Å². The fourth-order valence-electron chi connectivity index (χ4n) is 3.01. The van der Waals surface area contributed by atoms with Gasteiger partial charge in [-0.2, -0.15) is 5.10 Å². The van der Waals surface area contributed by atoms with Gasteiger partial charge in [-0.05, 0) is 23.0 Å². The monoisotopic (exact) mass is 357 g/mol. The number of quaternary nitrogens is 1. The van der Waals surface area contributed by atoms with E-state index in [0.29, 0.717) is 5.11 Å².